The number of hydrogen-bond donors (Lipinski definition) is 0. The SMILES string of the molecule is C=CC(/C=C/c1ccc(N2CCCC2)cc1)=C\C=N\CCSSCCN1C=CC(/C=C/c2ccc(N3CCCC3)cc2)=CC1. The fraction of sp³-hybridized carbons (Fsp3) is 0.342. The quantitative estimate of drug-likeness (QED) is 0.0854. The number of aliphatic imine (C=N–C) groups is 1. The zero-order chi connectivity index (χ0) is 30.2. The average molecular weight is 623 g/mol. The van der Waals surface area contributed by atoms with Gasteiger partial charge >= 0.3 is 0 Å². The molecule has 0 aromatic heterocycles. The van der Waals surface area contributed by atoms with Crippen molar-refractivity contribution in [2.45, 2.75) is 25.7 Å². The second kappa shape index (κ2) is 17.8. The van der Waals surface area contributed by atoms with Crippen molar-refractivity contribution < 1.29 is 0 Å². The minimum atomic E-state index is 0.823. The summed E-state index contributed by atoms with van der Waals surface area (Å²) in [4.78, 5) is 11.9. The molecule has 3 aliphatic rings. The van der Waals surface area contributed by atoms with Crippen LogP contribution in [0.3, 0.4) is 0 Å². The molecule has 2 saturated heterocycles. The van der Waals surface area contributed by atoms with E-state index in [0.717, 1.165) is 36.7 Å². The number of hydrogen-bond acceptors (Lipinski definition) is 6. The zero-order valence-corrected chi connectivity index (χ0v) is 27.5. The van der Waals surface area contributed by atoms with E-state index in [-0.39, 0.29) is 0 Å². The first kappa shape index (κ1) is 32.1. The van der Waals surface area contributed by atoms with E-state index in [1.54, 1.807) is 0 Å². The first-order chi connectivity index (χ1) is 21.8. The van der Waals surface area contributed by atoms with Crippen LogP contribution in [0.4, 0.5) is 11.4 Å². The fourth-order valence-corrected chi connectivity index (χ4v) is 7.41. The molecule has 0 saturated carbocycles. The maximum absolute atomic E-state index is 4.57. The summed E-state index contributed by atoms with van der Waals surface area (Å²) in [5.41, 5.74) is 7.48. The van der Waals surface area contributed by atoms with E-state index >= 15 is 0 Å². The monoisotopic (exact) mass is 622 g/mol. The molecule has 44 heavy (non-hydrogen) atoms. The number of anilines is 2. The van der Waals surface area contributed by atoms with E-state index < -0.39 is 0 Å². The van der Waals surface area contributed by atoms with Gasteiger partial charge in [0.25, 0.3) is 0 Å². The molecule has 2 aromatic carbocycles. The predicted octanol–water partition coefficient (Wildman–Crippen LogP) is 8.93. The van der Waals surface area contributed by atoms with E-state index in [0.29, 0.717) is 0 Å². The summed E-state index contributed by atoms with van der Waals surface area (Å²) in [6.07, 6.45) is 26.5. The van der Waals surface area contributed by atoms with Crippen LogP contribution >= 0.6 is 21.6 Å². The van der Waals surface area contributed by atoms with Gasteiger partial charge < -0.3 is 14.7 Å². The van der Waals surface area contributed by atoms with Crippen molar-refractivity contribution in [1.82, 2.24) is 4.90 Å². The Morgan fingerprint density at radius 1 is 0.773 bits per heavy atom. The maximum Gasteiger partial charge on any atom is 0.0488 e. The molecule has 6 heteroatoms. The third kappa shape index (κ3) is 10.4. The molecule has 5 rings (SSSR count). The fourth-order valence-electron chi connectivity index (χ4n) is 5.53. The second-order valence-electron chi connectivity index (χ2n) is 11.3. The van der Waals surface area contributed by atoms with Gasteiger partial charge in [0.05, 0.1) is 0 Å². The van der Waals surface area contributed by atoms with Crippen molar-refractivity contribution >= 4 is 51.3 Å². The molecule has 3 aliphatic heterocycles. The highest BCUT2D eigenvalue weighted by Crippen LogP contribution is 2.23. The molecule has 3 heterocycles. The van der Waals surface area contributed by atoms with Crippen molar-refractivity contribution in [2.24, 2.45) is 4.99 Å². The molecule has 0 aliphatic carbocycles. The van der Waals surface area contributed by atoms with E-state index in [9.17, 15) is 0 Å². The number of nitrogens with zero attached hydrogens (tertiary/aromatic N) is 4. The highest BCUT2D eigenvalue weighted by Gasteiger charge is 2.12. The van der Waals surface area contributed by atoms with Gasteiger partial charge in [0.2, 0.25) is 0 Å². The van der Waals surface area contributed by atoms with Gasteiger partial charge in [0.15, 0.2) is 0 Å². The molecule has 0 atom stereocenters. The molecule has 2 aromatic rings. The molecule has 0 unspecified atom stereocenters. The Bertz CT molecular complexity index is 1360. The summed E-state index contributed by atoms with van der Waals surface area (Å²) >= 11 is 0. The van der Waals surface area contributed by atoms with Gasteiger partial charge in [0.1, 0.15) is 0 Å². The first-order valence-electron chi connectivity index (χ1n) is 16.0. The van der Waals surface area contributed by atoms with Crippen LogP contribution in [0.15, 0.2) is 114 Å². The minimum absolute atomic E-state index is 0.823. The van der Waals surface area contributed by atoms with Gasteiger partial charge in [-0.05, 0) is 90.6 Å². The molecule has 0 amide bonds. The molecule has 0 N–H and O–H groups in total. The molecule has 0 radical (unpaired) electrons. The van der Waals surface area contributed by atoms with E-state index in [2.05, 4.69) is 117 Å². The van der Waals surface area contributed by atoms with Gasteiger partial charge in [-0.2, -0.15) is 0 Å². The van der Waals surface area contributed by atoms with E-state index in [4.69, 9.17) is 0 Å². The molecular weight excluding hydrogens is 577 g/mol. The van der Waals surface area contributed by atoms with Crippen molar-refractivity contribution in [2.75, 3.05) is 67.1 Å². The zero-order valence-electron chi connectivity index (χ0n) is 25.9. The van der Waals surface area contributed by atoms with Gasteiger partial charge in [-0.15, -0.1) is 0 Å². The van der Waals surface area contributed by atoms with Gasteiger partial charge in [-0.3, -0.25) is 4.99 Å². The number of rotatable bonds is 15. The van der Waals surface area contributed by atoms with Crippen LogP contribution in [-0.4, -0.2) is 68.4 Å². The Morgan fingerprint density at radius 3 is 1.98 bits per heavy atom. The van der Waals surface area contributed by atoms with Crippen LogP contribution < -0.4 is 9.80 Å². The summed E-state index contributed by atoms with van der Waals surface area (Å²) in [5, 5.41) is 0. The lowest BCUT2D eigenvalue weighted by atomic mass is 10.1. The molecule has 0 bridgehead atoms. The number of allylic oxidation sites excluding steroid dienone is 7. The largest absolute Gasteiger partial charge is 0.373 e. The third-order valence-corrected chi connectivity index (χ3v) is 10.5. The average Bonchev–Trinajstić information content (AvgIpc) is 3.81. The highest BCUT2D eigenvalue weighted by atomic mass is 33.1. The Balaban J connectivity index is 0.921. The second-order valence-corrected chi connectivity index (χ2v) is 14.0. The number of benzene rings is 2. The normalized spacial score (nSPS) is 17.6. The lowest BCUT2D eigenvalue weighted by Gasteiger charge is -2.21. The summed E-state index contributed by atoms with van der Waals surface area (Å²) < 4.78 is 0. The highest BCUT2D eigenvalue weighted by molar-refractivity contribution is 8.76. The summed E-state index contributed by atoms with van der Waals surface area (Å²) in [5.74, 6) is 2.12. The van der Waals surface area contributed by atoms with E-state index in [1.165, 1.54) is 79.9 Å². The lowest BCUT2D eigenvalue weighted by Crippen LogP contribution is -2.22. The molecular formula is C38H46N4S2. The van der Waals surface area contributed by atoms with Crippen molar-refractivity contribution in [3.8, 4) is 0 Å². The van der Waals surface area contributed by atoms with Crippen molar-refractivity contribution in [1.29, 1.82) is 0 Å². The lowest BCUT2D eigenvalue weighted by molar-refractivity contribution is 0.438. The molecule has 230 valence electrons. The van der Waals surface area contributed by atoms with Crippen molar-refractivity contribution in [3.05, 3.63) is 120 Å². The maximum atomic E-state index is 4.57. The Labute approximate surface area is 273 Å². The van der Waals surface area contributed by atoms with Crippen LogP contribution in [0.5, 0.6) is 0 Å². The predicted molar refractivity (Wildman–Crippen MR) is 199 cm³/mol. The van der Waals surface area contributed by atoms with Crippen LogP contribution in [0.2, 0.25) is 0 Å². The smallest absolute Gasteiger partial charge is 0.0488 e. The summed E-state index contributed by atoms with van der Waals surface area (Å²) in [6, 6.07) is 17.8. The van der Waals surface area contributed by atoms with Crippen LogP contribution in [0.25, 0.3) is 12.2 Å². The molecule has 0 spiro atoms. The van der Waals surface area contributed by atoms with Crippen LogP contribution in [0, 0.1) is 0 Å². The first-order valence-corrected chi connectivity index (χ1v) is 18.5. The van der Waals surface area contributed by atoms with E-state index in [1.807, 2.05) is 40.0 Å². The standard InChI is InChI=1S/C38H46N4S2/c1-2-33(7-8-34-11-15-37(16-12-34)41-24-3-4-25-41)19-22-39-23-31-43-44-32-30-40-28-20-36(21-29-40)10-9-35-13-17-38(18-14-35)42-26-5-6-27-42/h2,7-22,28H,1,3-6,23-27,29-32H2/b8-7+,10-9+,33-19+,39-22+. The Hall–Kier alpha value is -3.35. The van der Waals surface area contributed by atoms with Gasteiger partial charge in [-0.25, -0.2) is 0 Å². The molecule has 4 nitrogen and oxygen atoms in total. The topological polar surface area (TPSA) is 22.1 Å². The molecule has 2 fully saturated rings. The summed E-state index contributed by atoms with van der Waals surface area (Å²) in [7, 11) is 3.84. The van der Waals surface area contributed by atoms with Crippen molar-refractivity contribution in [3.63, 3.8) is 0 Å². The Morgan fingerprint density at radius 2 is 1.39 bits per heavy atom. The van der Waals surface area contributed by atoms with Gasteiger partial charge in [-0.1, -0.05) is 88.9 Å². The van der Waals surface area contributed by atoms with Crippen LogP contribution in [-0.2, 0) is 0 Å². The van der Waals surface area contributed by atoms with Gasteiger partial charge in [0, 0.05) is 74.9 Å². The minimum Gasteiger partial charge on any atom is -0.373 e. The third-order valence-electron chi connectivity index (χ3n) is 8.16. The Kier molecular flexibility index (Phi) is 13.0. The van der Waals surface area contributed by atoms with Crippen LogP contribution in [0.1, 0.15) is 36.8 Å². The summed E-state index contributed by atoms with van der Waals surface area (Å²) in [6.45, 7) is 11.5.